The van der Waals surface area contributed by atoms with Gasteiger partial charge in [0.05, 0.1) is 11.4 Å². The minimum absolute atomic E-state index is 0.0937. The molecule has 0 aliphatic carbocycles. The van der Waals surface area contributed by atoms with Gasteiger partial charge in [0.2, 0.25) is 5.91 Å². The third kappa shape index (κ3) is 3.31. The number of hydrogen-bond acceptors (Lipinski definition) is 3. The summed E-state index contributed by atoms with van der Waals surface area (Å²) >= 11 is 0. The number of rotatable bonds is 5. The number of carbonyl (C=O) groups excluding carboxylic acids is 1. The fourth-order valence-electron chi connectivity index (χ4n) is 2.89. The summed E-state index contributed by atoms with van der Waals surface area (Å²) < 4.78 is 2.24. The van der Waals surface area contributed by atoms with Crippen LogP contribution in [-0.4, -0.2) is 49.1 Å². The van der Waals surface area contributed by atoms with E-state index in [0.29, 0.717) is 0 Å². The van der Waals surface area contributed by atoms with Gasteiger partial charge in [-0.2, -0.15) is 0 Å². The highest BCUT2D eigenvalue weighted by molar-refractivity contribution is 5.95. The molecular formula is C17H24N4O. The molecule has 0 radical (unpaired) electrons. The minimum atomic E-state index is 0.0937. The van der Waals surface area contributed by atoms with Crippen molar-refractivity contribution < 1.29 is 4.79 Å². The lowest BCUT2D eigenvalue weighted by atomic mass is 10.1. The molecule has 2 aromatic rings. The minimum Gasteiger partial charge on any atom is -0.346 e. The Hall–Kier alpha value is -1.85. The lowest BCUT2D eigenvalue weighted by Gasteiger charge is -2.13. The number of aromatic nitrogens is 1. The van der Waals surface area contributed by atoms with Crippen molar-refractivity contribution in [2.75, 3.05) is 39.0 Å². The van der Waals surface area contributed by atoms with E-state index in [1.165, 1.54) is 10.9 Å². The highest BCUT2D eigenvalue weighted by atomic mass is 16.1. The van der Waals surface area contributed by atoms with Crippen molar-refractivity contribution in [1.29, 1.82) is 0 Å². The first kappa shape index (κ1) is 15.1. The maximum atomic E-state index is 12.2. The highest BCUT2D eigenvalue weighted by Gasteiger charge is 2.22. The van der Waals surface area contributed by atoms with E-state index in [4.69, 9.17) is 0 Å². The summed E-state index contributed by atoms with van der Waals surface area (Å²) in [6, 6.07) is 8.26. The van der Waals surface area contributed by atoms with Crippen molar-refractivity contribution in [3.63, 3.8) is 0 Å². The van der Waals surface area contributed by atoms with Crippen LogP contribution in [0.25, 0.3) is 10.9 Å². The van der Waals surface area contributed by atoms with Crippen molar-refractivity contribution in [3.8, 4) is 0 Å². The Labute approximate surface area is 131 Å². The first-order valence-electron chi connectivity index (χ1n) is 7.89. The van der Waals surface area contributed by atoms with Gasteiger partial charge in [-0.15, -0.1) is 0 Å². The standard InChI is InChI=1S/C17H24N4O/c1-20(2)9-10-21-8-6-13-3-4-15(11-16(13)21)19-17(22)14-5-7-18-12-14/h3-4,6,8,11,14,18H,5,7,9-10,12H2,1-2H3,(H,19,22). The second kappa shape index (κ2) is 6.50. The van der Waals surface area contributed by atoms with Crippen LogP contribution in [0.1, 0.15) is 6.42 Å². The Morgan fingerprint density at radius 1 is 1.41 bits per heavy atom. The first-order chi connectivity index (χ1) is 10.6. The summed E-state index contributed by atoms with van der Waals surface area (Å²) in [5.41, 5.74) is 2.05. The smallest absolute Gasteiger partial charge is 0.228 e. The average Bonchev–Trinajstić information content (AvgIpc) is 3.14. The van der Waals surface area contributed by atoms with Gasteiger partial charge in [-0.1, -0.05) is 6.07 Å². The lowest BCUT2D eigenvalue weighted by Crippen LogP contribution is -2.24. The molecule has 1 atom stereocenters. The molecule has 1 aliphatic heterocycles. The molecule has 1 fully saturated rings. The van der Waals surface area contributed by atoms with Crippen LogP contribution in [0.3, 0.4) is 0 Å². The molecular weight excluding hydrogens is 276 g/mol. The number of amides is 1. The van der Waals surface area contributed by atoms with Crippen LogP contribution in [0.2, 0.25) is 0 Å². The van der Waals surface area contributed by atoms with E-state index >= 15 is 0 Å². The van der Waals surface area contributed by atoms with Crippen LogP contribution in [0, 0.1) is 5.92 Å². The van der Waals surface area contributed by atoms with Gasteiger partial charge in [0.15, 0.2) is 0 Å². The van der Waals surface area contributed by atoms with Gasteiger partial charge in [0.25, 0.3) is 0 Å². The maximum absolute atomic E-state index is 12.2. The van der Waals surface area contributed by atoms with Gasteiger partial charge in [-0.05, 0) is 50.6 Å². The largest absolute Gasteiger partial charge is 0.346 e. The summed E-state index contributed by atoms with van der Waals surface area (Å²) in [7, 11) is 4.15. The van der Waals surface area contributed by atoms with Crippen LogP contribution in [0.4, 0.5) is 5.69 Å². The van der Waals surface area contributed by atoms with E-state index in [-0.39, 0.29) is 11.8 Å². The first-order valence-corrected chi connectivity index (χ1v) is 7.89. The highest BCUT2D eigenvalue weighted by Crippen LogP contribution is 2.21. The van der Waals surface area contributed by atoms with E-state index in [0.717, 1.165) is 38.3 Å². The Bertz CT molecular complexity index is 656. The zero-order chi connectivity index (χ0) is 15.5. The number of hydrogen-bond donors (Lipinski definition) is 2. The van der Waals surface area contributed by atoms with E-state index in [1.807, 2.05) is 6.07 Å². The van der Waals surface area contributed by atoms with E-state index in [2.05, 4.69) is 58.6 Å². The number of nitrogens with one attached hydrogen (secondary N) is 2. The third-order valence-corrected chi connectivity index (χ3v) is 4.26. The molecule has 0 bridgehead atoms. The SMILES string of the molecule is CN(C)CCn1ccc2ccc(NC(=O)C3CCNC3)cc21. The summed E-state index contributed by atoms with van der Waals surface area (Å²) in [6.07, 6.45) is 3.04. The Morgan fingerprint density at radius 2 is 2.27 bits per heavy atom. The van der Waals surface area contributed by atoms with Gasteiger partial charge >= 0.3 is 0 Å². The molecule has 3 rings (SSSR count). The molecule has 1 unspecified atom stereocenters. The summed E-state index contributed by atoms with van der Waals surface area (Å²) in [5, 5.41) is 7.49. The van der Waals surface area contributed by atoms with Crippen molar-refractivity contribution >= 4 is 22.5 Å². The molecule has 2 N–H and O–H groups in total. The summed E-state index contributed by atoms with van der Waals surface area (Å²) in [6.45, 7) is 3.66. The van der Waals surface area contributed by atoms with Crippen LogP contribution >= 0.6 is 0 Å². The molecule has 118 valence electrons. The van der Waals surface area contributed by atoms with E-state index < -0.39 is 0 Å². The molecule has 2 heterocycles. The zero-order valence-electron chi connectivity index (χ0n) is 13.3. The van der Waals surface area contributed by atoms with Crippen molar-refractivity contribution in [1.82, 2.24) is 14.8 Å². The average molecular weight is 300 g/mol. The predicted molar refractivity (Wildman–Crippen MR) is 90.1 cm³/mol. The van der Waals surface area contributed by atoms with Crippen LogP contribution in [0.5, 0.6) is 0 Å². The number of carbonyl (C=O) groups is 1. The molecule has 1 aromatic heterocycles. The van der Waals surface area contributed by atoms with Crippen LogP contribution in [0.15, 0.2) is 30.5 Å². The number of benzene rings is 1. The van der Waals surface area contributed by atoms with E-state index in [1.54, 1.807) is 0 Å². The fraction of sp³-hybridized carbons (Fsp3) is 0.471. The molecule has 0 spiro atoms. The normalized spacial score (nSPS) is 18.2. The van der Waals surface area contributed by atoms with Crippen LogP contribution in [-0.2, 0) is 11.3 Å². The van der Waals surface area contributed by atoms with Crippen LogP contribution < -0.4 is 10.6 Å². The molecule has 1 aromatic carbocycles. The Balaban J connectivity index is 1.76. The number of nitrogens with zero attached hydrogens (tertiary/aromatic N) is 2. The molecule has 1 saturated heterocycles. The summed E-state index contributed by atoms with van der Waals surface area (Å²) in [5.74, 6) is 0.215. The quantitative estimate of drug-likeness (QED) is 0.884. The van der Waals surface area contributed by atoms with Gasteiger partial charge in [-0.25, -0.2) is 0 Å². The molecule has 0 saturated carbocycles. The molecule has 1 aliphatic rings. The second-order valence-electron chi connectivity index (χ2n) is 6.26. The predicted octanol–water partition coefficient (Wildman–Crippen LogP) is 1.75. The third-order valence-electron chi connectivity index (χ3n) is 4.26. The van der Waals surface area contributed by atoms with Gasteiger partial charge in [-0.3, -0.25) is 4.79 Å². The Morgan fingerprint density at radius 3 is 3.00 bits per heavy atom. The van der Waals surface area contributed by atoms with Gasteiger partial charge in [0, 0.05) is 31.5 Å². The van der Waals surface area contributed by atoms with Gasteiger partial charge < -0.3 is 20.1 Å². The number of fused-ring (bicyclic) bond motifs is 1. The lowest BCUT2D eigenvalue weighted by molar-refractivity contribution is -0.119. The topological polar surface area (TPSA) is 49.3 Å². The molecule has 5 heteroatoms. The fourth-order valence-corrected chi connectivity index (χ4v) is 2.89. The second-order valence-corrected chi connectivity index (χ2v) is 6.26. The van der Waals surface area contributed by atoms with Crippen molar-refractivity contribution in [2.24, 2.45) is 5.92 Å². The maximum Gasteiger partial charge on any atom is 0.228 e. The zero-order valence-corrected chi connectivity index (χ0v) is 13.3. The number of anilines is 1. The molecule has 1 amide bonds. The van der Waals surface area contributed by atoms with Crippen molar-refractivity contribution in [3.05, 3.63) is 30.5 Å². The monoisotopic (exact) mass is 300 g/mol. The Kier molecular flexibility index (Phi) is 4.45. The van der Waals surface area contributed by atoms with Crippen molar-refractivity contribution in [2.45, 2.75) is 13.0 Å². The molecule has 22 heavy (non-hydrogen) atoms. The van der Waals surface area contributed by atoms with Gasteiger partial charge in [0.1, 0.15) is 0 Å². The number of likely N-dealkylation sites (N-methyl/N-ethyl adjacent to an activating group) is 1. The summed E-state index contributed by atoms with van der Waals surface area (Å²) in [4.78, 5) is 14.4. The van der Waals surface area contributed by atoms with E-state index in [9.17, 15) is 4.79 Å². The molecule has 5 nitrogen and oxygen atoms in total.